The summed E-state index contributed by atoms with van der Waals surface area (Å²) in [5, 5.41) is 11.5. The van der Waals surface area contributed by atoms with Crippen LogP contribution in [0.1, 0.15) is 36.7 Å². The maximum absolute atomic E-state index is 11.9. The Morgan fingerprint density at radius 1 is 1.44 bits per heavy atom. The van der Waals surface area contributed by atoms with Crippen LogP contribution in [0.15, 0.2) is 18.5 Å². The van der Waals surface area contributed by atoms with E-state index in [-0.39, 0.29) is 17.9 Å². The Labute approximate surface area is 107 Å². The summed E-state index contributed by atoms with van der Waals surface area (Å²) < 4.78 is 0. The first-order valence-corrected chi connectivity index (χ1v) is 5.75. The van der Waals surface area contributed by atoms with E-state index in [2.05, 4.69) is 42.9 Å². The lowest BCUT2D eigenvalue weighted by Crippen LogP contribution is -2.32. The van der Waals surface area contributed by atoms with Gasteiger partial charge in [0.15, 0.2) is 0 Å². The van der Waals surface area contributed by atoms with Gasteiger partial charge in [0.25, 0.3) is 5.91 Å². The van der Waals surface area contributed by atoms with Gasteiger partial charge in [-0.1, -0.05) is 32.6 Å². The molecule has 4 nitrogen and oxygen atoms in total. The van der Waals surface area contributed by atoms with E-state index in [0.717, 1.165) is 0 Å². The zero-order valence-electron chi connectivity index (χ0n) is 10.9. The second-order valence-electron chi connectivity index (χ2n) is 5.17. The number of aliphatic hydroxyl groups excluding tert-OH is 1. The van der Waals surface area contributed by atoms with E-state index in [1.807, 2.05) is 0 Å². The fourth-order valence-electron chi connectivity index (χ4n) is 1.22. The van der Waals surface area contributed by atoms with Crippen LogP contribution in [0.5, 0.6) is 0 Å². The largest absolute Gasteiger partial charge is 0.384 e. The SMILES string of the molecule is CC(C)(C)CNC(=O)c1cncc(C#CCO)c1. The first-order valence-electron chi connectivity index (χ1n) is 5.75. The lowest BCUT2D eigenvalue weighted by Gasteiger charge is -2.18. The molecule has 0 aliphatic rings. The molecule has 1 amide bonds. The molecule has 0 bridgehead atoms. The lowest BCUT2D eigenvalue weighted by molar-refractivity contribution is 0.0939. The van der Waals surface area contributed by atoms with E-state index in [1.54, 1.807) is 12.3 Å². The molecule has 2 N–H and O–H groups in total. The number of hydrogen-bond acceptors (Lipinski definition) is 3. The van der Waals surface area contributed by atoms with Crippen molar-refractivity contribution in [2.24, 2.45) is 5.41 Å². The van der Waals surface area contributed by atoms with Crippen molar-refractivity contribution >= 4 is 5.91 Å². The number of rotatable bonds is 2. The Hall–Kier alpha value is -1.86. The lowest BCUT2D eigenvalue weighted by atomic mass is 9.97. The average Bonchev–Trinajstić information content (AvgIpc) is 2.33. The summed E-state index contributed by atoms with van der Waals surface area (Å²) in [4.78, 5) is 15.8. The smallest absolute Gasteiger partial charge is 0.252 e. The molecule has 0 saturated heterocycles. The van der Waals surface area contributed by atoms with Gasteiger partial charge in [-0.15, -0.1) is 0 Å². The Morgan fingerprint density at radius 3 is 2.78 bits per heavy atom. The summed E-state index contributed by atoms with van der Waals surface area (Å²) >= 11 is 0. The third-order valence-electron chi connectivity index (χ3n) is 2.09. The van der Waals surface area contributed by atoms with Gasteiger partial charge < -0.3 is 10.4 Å². The van der Waals surface area contributed by atoms with Gasteiger partial charge in [0.1, 0.15) is 6.61 Å². The number of pyridine rings is 1. The van der Waals surface area contributed by atoms with Gasteiger partial charge in [-0.05, 0) is 11.5 Å². The minimum Gasteiger partial charge on any atom is -0.384 e. The highest BCUT2D eigenvalue weighted by Crippen LogP contribution is 2.11. The summed E-state index contributed by atoms with van der Waals surface area (Å²) in [6.07, 6.45) is 3.06. The number of carbonyl (C=O) groups is 1. The Bertz CT molecular complexity index is 479. The van der Waals surface area contributed by atoms with Crippen LogP contribution in [0, 0.1) is 17.3 Å². The van der Waals surface area contributed by atoms with E-state index in [0.29, 0.717) is 17.7 Å². The summed E-state index contributed by atoms with van der Waals surface area (Å²) in [5.74, 6) is 5.08. The molecule has 4 heteroatoms. The fourth-order valence-corrected chi connectivity index (χ4v) is 1.22. The van der Waals surface area contributed by atoms with Gasteiger partial charge in [0, 0.05) is 24.5 Å². The first-order chi connectivity index (χ1) is 8.42. The molecule has 1 aromatic rings. The molecule has 0 spiro atoms. The third kappa shape index (κ3) is 4.98. The second kappa shape index (κ2) is 6.18. The van der Waals surface area contributed by atoms with Gasteiger partial charge in [0.2, 0.25) is 0 Å². The topological polar surface area (TPSA) is 62.2 Å². The van der Waals surface area contributed by atoms with Crippen LogP contribution in [-0.2, 0) is 0 Å². The molecular formula is C14H18N2O2. The van der Waals surface area contributed by atoms with Gasteiger partial charge in [-0.2, -0.15) is 0 Å². The average molecular weight is 246 g/mol. The van der Waals surface area contributed by atoms with Gasteiger partial charge in [0.05, 0.1) is 5.56 Å². The molecule has 1 aromatic heterocycles. The number of amides is 1. The molecule has 0 unspecified atom stereocenters. The third-order valence-corrected chi connectivity index (χ3v) is 2.09. The number of carbonyl (C=O) groups excluding carboxylic acids is 1. The highest BCUT2D eigenvalue weighted by molar-refractivity contribution is 5.94. The van der Waals surface area contributed by atoms with E-state index in [9.17, 15) is 4.79 Å². The van der Waals surface area contributed by atoms with Crippen molar-refractivity contribution in [3.63, 3.8) is 0 Å². The highest BCUT2D eigenvalue weighted by atomic mass is 16.2. The molecule has 1 heterocycles. The molecule has 0 fully saturated rings. The summed E-state index contributed by atoms with van der Waals surface area (Å²) in [5.41, 5.74) is 1.13. The molecule has 0 aromatic carbocycles. The van der Waals surface area contributed by atoms with Crippen LogP contribution in [0.3, 0.4) is 0 Å². The number of aromatic nitrogens is 1. The van der Waals surface area contributed by atoms with Crippen molar-refractivity contribution in [2.45, 2.75) is 20.8 Å². The van der Waals surface area contributed by atoms with Crippen LogP contribution in [-0.4, -0.2) is 29.1 Å². The van der Waals surface area contributed by atoms with Gasteiger partial charge in [-0.25, -0.2) is 0 Å². The summed E-state index contributed by atoms with van der Waals surface area (Å²) in [7, 11) is 0. The molecule has 1 rings (SSSR count). The Balaban J connectivity index is 2.74. The van der Waals surface area contributed by atoms with Crippen molar-refractivity contribution in [3.8, 4) is 11.8 Å². The van der Waals surface area contributed by atoms with Crippen LogP contribution >= 0.6 is 0 Å². The summed E-state index contributed by atoms with van der Waals surface area (Å²) in [6.45, 7) is 6.54. The number of nitrogens with zero attached hydrogens (tertiary/aromatic N) is 1. The quantitative estimate of drug-likeness (QED) is 0.771. The monoisotopic (exact) mass is 246 g/mol. The minimum atomic E-state index is -0.208. The molecule has 0 radical (unpaired) electrons. The van der Waals surface area contributed by atoms with Crippen molar-refractivity contribution in [2.75, 3.05) is 13.2 Å². The zero-order chi connectivity index (χ0) is 13.6. The van der Waals surface area contributed by atoms with E-state index < -0.39 is 0 Å². The first kappa shape index (κ1) is 14.2. The molecule has 0 atom stereocenters. The highest BCUT2D eigenvalue weighted by Gasteiger charge is 2.13. The minimum absolute atomic E-state index is 0.0391. The van der Waals surface area contributed by atoms with Crippen LogP contribution in [0.2, 0.25) is 0 Å². The van der Waals surface area contributed by atoms with E-state index in [4.69, 9.17) is 5.11 Å². The molecular weight excluding hydrogens is 228 g/mol. The molecule has 0 aliphatic carbocycles. The number of nitrogens with one attached hydrogen (secondary N) is 1. The molecule has 0 saturated carbocycles. The van der Waals surface area contributed by atoms with Gasteiger partial charge in [-0.3, -0.25) is 9.78 Å². The Morgan fingerprint density at radius 2 is 2.17 bits per heavy atom. The van der Waals surface area contributed by atoms with Crippen molar-refractivity contribution < 1.29 is 9.90 Å². The van der Waals surface area contributed by atoms with Crippen LogP contribution in [0.25, 0.3) is 0 Å². The predicted octanol–water partition coefficient (Wildman–Crippen LogP) is 1.20. The molecule has 0 aliphatic heterocycles. The zero-order valence-corrected chi connectivity index (χ0v) is 10.9. The van der Waals surface area contributed by atoms with Crippen molar-refractivity contribution in [3.05, 3.63) is 29.6 Å². The van der Waals surface area contributed by atoms with Crippen molar-refractivity contribution in [1.82, 2.24) is 10.3 Å². The predicted molar refractivity (Wildman–Crippen MR) is 70.0 cm³/mol. The maximum atomic E-state index is 11.9. The summed E-state index contributed by atoms with van der Waals surface area (Å²) in [6, 6.07) is 1.66. The van der Waals surface area contributed by atoms with Crippen molar-refractivity contribution in [1.29, 1.82) is 0 Å². The molecule has 96 valence electrons. The van der Waals surface area contributed by atoms with Gasteiger partial charge >= 0.3 is 0 Å². The number of hydrogen-bond donors (Lipinski definition) is 2. The second-order valence-corrected chi connectivity index (χ2v) is 5.17. The normalized spacial score (nSPS) is 10.4. The maximum Gasteiger partial charge on any atom is 0.252 e. The Kier molecular flexibility index (Phi) is 4.87. The number of aliphatic hydroxyl groups is 1. The molecule has 18 heavy (non-hydrogen) atoms. The van der Waals surface area contributed by atoms with E-state index >= 15 is 0 Å². The fraction of sp³-hybridized carbons (Fsp3) is 0.429. The standard InChI is InChI=1S/C14H18N2O2/c1-14(2,3)10-16-13(18)12-7-11(5-4-6-17)8-15-9-12/h7-9,17H,6,10H2,1-3H3,(H,16,18). The van der Waals surface area contributed by atoms with Crippen LogP contribution in [0.4, 0.5) is 0 Å². The van der Waals surface area contributed by atoms with E-state index in [1.165, 1.54) is 6.20 Å². The van der Waals surface area contributed by atoms with Crippen LogP contribution < -0.4 is 5.32 Å².